The SMILES string of the molecule is CCCCCCCCCCCC=CC=CC=CC(O)=C(O)C(=O)OC. The normalized spacial score (nSPS) is 13.0. The monoisotopic (exact) mass is 350 g/mol. The van der Waals surface area contributed by atoms with E-state index in [1.54, 1.807) is 6.08 Å². The number of rotatable bonds is 14. The molecular weight excluding hydrogens is 316 g/mol. The third-order valence-corrected chi connectivity index (χ3v) is 3.82. The minimum atomic E-state index is -0.966. The molecule has 142 valence electrons. The van der Waals surface area contributed by atoms with Gasteiger partial charge in [-0.25, -0.2) is 4.79 Å². The van der Waals surface area contributed by atoms with E-state index in [1.165, 1.54) is 69.9 Å². The summed E-state index contributed by atoms with van der Waals surface area (Å²) in [5, 5.41) is 18.7. The highest BCUT2D eigenvalue weighted by molar-refractivity contribution is 5.86. The van der Waals surface area contributed by atoms with Gasteiger partial charge in [-0.3, -0.25) is 0 Å². The Balaban J connectivity index is 3.70. The summed E-state index contributed by atoms with van der Waals surface area (Å²) in [4.78, 5) is 11.0. The van der Waals surface area contributed by atoms with E-state index in [9.17, 15) is 15.0 Å². The van der Waals surface area contributed by atoms with Gasteiger partial charge in [0.25, 0.3) is 0 Å². The standard InChI is InChI=1S/C21H34O4/c1-3-4-5-6-7-8-9-10-11-12-13-14-15-16-17-18-19(22)20(23)21(24)25-2/h13-18,22-23H,3-12H2,1-2H3. The van der Waals surface area contributed by atoms with Crippen molar-refractivity contribution < 1.29 is 19.7 Å². The summed E-state index contributed by atoms with van der Waals surface area (Å²) in [6.07, 6.45) is 23.5. The number of allylic oxidation sites excluding steroid dienone is 6. The Labute approximate surface area is 152 Å². The van der Waals surface area contributed by atoms with E-state index in [-0.39, 0.29) is 0 Å². The van der Waals surface area contributed by atoms with Crippen LogP contribution in [0.15, 0.2) is 48.0 Å². The third kappa shape index (κ3) is 14.1. The van der Waals surface area contributed by atoms with Crippen LogP contribution in [0.3, 0.4) is 0 Å². The molecule has 0 fully saturated rings. The lowest BCUT2D eigenvalue weighted by Gasteiger charge is -2.00. The van der Waals surface area contributed by atoms with E-state index >= 15 is 0 Å². The molecule has 0 aliphatic carbocycles. The minimum absolute atomic E-state index is 0.518. The fraction of sp³-hybridized carbons (Fsp3) is 0.571. The molecule has 0 heterocycles. The summed E-state index contributed by atoms with van der Waals surface area (Å²) >= 11 is 0. The maximum atomic E-state index is 11.0. The molecule has 0 aromatic heterocycles. The Hall–Kier alpha value is -1.97. The molecule has 0 aromatic rings. The van der Waals surface area contributed by atoms with Gasteiger partial charge in [-0.2, -0.15) is 0 Å². The van der Waals surface area contributed by atoms with Gasteiger partial charge in [0, 0.05) is 0 Å². The first-order valence-electron chi connectivity index (χ1n) is 9.33. The van der Waals surface area contributed by atoms with Crippen LogP contribution in [0.5, 0.6) is 0 Å². The first-order valence-corrected chi connectivity index (χ1v) is 9.33. The lowest BCUT2D eigenvalue weighted by Crippen LogP contribution is -2.06. The lowest BCUT2D eigenvalue weighted by atomic mass is 10.1. The Bertz CT molecular complexity index is 459. The van der Waals surface area contributed by atoms with Crippen LogP contribution < -0.4 is 0 Å². The maximum Gasteiger partial charge on any atom is 0.377 e. The van der Waals surface area contributed by atoms with Gasteiger partial charge in [0.15, 0.2) is 5.76 Å². The van der Waals surface area contributed by atoms with Gasteiger partial charge < -0.3 is 14.9 Å². The van der Waals surface area contributed by atoms with Gasteiger partial charge in [0.1, 0.15) is 0 Å². The van der Waals surface area contributed by atoms with Crippen molar-refractivity contribution >= 4 is 5.97 Å². The second-order valence-corrected chi connectivity index (χ2v) is 6.01. The number of methoxy groups -OCH3 is 1. The lowest BCUT2D eigenvalue weighted by molar-refractivity contribution is -0.139. The minimum Gasteiger partial charge on any atom is -0.504 e. The van der Waals surface area contributed by atoms with Crippen molar-refractivity contribution in [3.05, 3.63) is 48.0 Å². The Morgan fingerprint density at radius 3 is 2.00 bits per heavy atom. The van der Waals surface area contributed by atoms with Crippen LogP contribution in [-0.4, -0.2) is 23.3 Å². The third-order valence-electron chi connectivity index (χ3n) is 3.82. The van der Waals surface area contributed by atoms with Gasteiger partial charge in [0.05, 0.1) is 7.11 Å². The number of unbranched alkanes of at least 4 members (excludes halogenated alkanes) is 9. The molecule has 0 aliphatic heterocycles. The van der Waals surface area contributed by atoms with Gasteiger partial charge >= 0.3 is 5.97 Å². The number of esters is 1. The van der Waals surface area contributed by atoms with Crippen molar-refractivity contribution in [2.45, 2.75) is 71.1 Å². The second kappa shape index (κ2) is 16.9. The van der Waals surface area contributed by atoms with Gasteiger partial charge in [-0.15, -0.1) is 0 Å². The van der Waals surface area contributed by atoms with Crippen LogP contribution in [0.25, 0.3) is 0 Å². The van der Waals surface area contributed by atoms with E-state index in [0.29, 0.717) is 0 Å². The molecule has 0 rings (SSSR count). The largest absolute Gasteiger partial charge is 0.504 e. The van der Waals surface area contributed by atoms with Crippen molar-refractivity contribution in [3.63, 3.8) is 0 Å². The average Bonchev–Trinajstić information content (AvgIpc) is 2.63. The van der Waals surface area contributed by atoms with Crippen LogP contribution >= 0.6 is 0 Å². The Morgan fingerprint density at radius 2 is 1.40 bits per heavy atom. The highest BCUT2D eigenvalue weighted by atomic mass is 16.5. The molecule has 0 aromatic carbocycles. The number of aliphatic hydroxyl groups excluding tert-OH is 2. The smallest absolute Gasteiger partial charge is 0.377 e. The summed E-state index contributed by atoms with van der Waals surface area (Å²) < 4.78 is 4.29. The molecule has 0 bridgehead atoms. The van der Waals surface area contributed by atoms with Crippen molar-refractivity contribution in [3.8, 4) is 0 Å². The highest BCUT2D eigenvalue weighted by Crippen LogP contribution is 2.10. The molecule has 0 atom stereocenters. The molecule has 0 saturated heterocycles. The Morgan fingerprint density at radius 1 is 0.840 bits per heavy atom. The zero-order valence-corrected chi connectivity index (χ0v) is 15.7. The number of aliphatic hydroxyl groups is 2. The number of hydrogen-bond acceptors (Lipinski definition) is 4. The zero-order valence-electron chi connectivity index (χ0n) is 15.7. The maximum absolute atomic E-state index is 11.0. The first kappa shape index (κ1) is 23.0. The quantitative estimate of drug-likeness (QED) is 0.131. The molecule has 0 saturated carbocycles. The fourth-order valence-electron chi connectivity index (χ4n) is 2.30. The van der Waals surface area contributed by atoms with Gasteiger partial charge in [-0.05, 0) is 18.9 Å². The van der Waals surface area contributed by atoms with Crippen molar-refractivity contribution in [1.29, 1.82) is 0 Å². The zero-order chi connectivity index (χ0) is 18.8. The number of carbonyl (C=O) groups is 1. The van der Waals surface area contributed by atoms with Crippen LogP contribution in [0.4, 0.5) is 0 Å². The van der Waals surface area contributed by atoms with E-state index < -0.39 is 17.5 Å². The molecule has 0 amide bonds. The van der Waals surface area contributed by atoms with Crippen molar-refractivity contribution in [2.24, 2.45) is 0 Å². The molecule has 2 N–H and O–H groups in total. The number of carbonyl (C=O) groups excluding carboxylic acids is 1. The summed E-state index contributed by atoms with van der Waals surface area (Å²) in [6.45, 7) is 2.25. The topological polar surface area (TPSA) is 66.8 Å². The van der Waals surface area contributed by atoms with E-state index in [4.69, 9.17) is 0 Å². The van der Waals surface area contributed by atoms with E-state index in [0.717, 1.165) is 13.5 Å². The molecule has 0 aliphatic rings. The fourth-order valence-corrected chi connectivity index (χ4v) is 2.30. The van der Waals surface area contributed by atoms with Gasteiger partial charge in [0.2, 0.25) is 5.76 Å². The average molecular weight is 350 g/mol. The van der Waals surface area contributed by atoms with Gasteiger partial charge in [-0.1, -0.05) is 88.7 Å². The second-order valence-electron chi connectivity index (χ2n) is 6.01. The molecule has 0 spiro atoms. The van der Waals surface area contributed by atoms with Crippen molar-refractivity contribution in [2.75, 3.05) is 7.11 Å². The van der Waals surface area contributed by atoms with Crippen LogP contribution in [0.2, 0.25) is 0 Å². The summed E-state index contributed by atoms with van der Waals surface area (Å²) in [5.74, 6) is -2.28. The Kier molecular flexibility index (Phi) is 15.5. The van der Waals surface area contributed by atoms with Crippen LogP contribution in [0, 0.1) is 0 Å². The predicted octanol–water partition coefficient (Wildman–Crippen LogP) is 6.08. The molecule has 4 nitrogen and oxygen atoms in total. The molecular formula is C21H34O4. The molecule has 4 heteroatoms. The molecule has 0 unspecified atom stereocenters. The van der Waals surface area contributed by atoms with Crippen molar-refractivity contribution in [1.82, 2.24) is 0 Å². The number of ether oxygens (including phenoxy) is 1. The van der Waals surface area contributed by atoms with E-state index in [1.807, 2.05) is 12.2 Å². The number of hydrogen-bond donors (Lipinski definition) is 2. The van der Waals surface area contributed by atoms with Crippen LogP contribution in [-0.2, 0) is 9.53 Å². The highest BCUT2D eigenvalue weighted by Gasteiger charge is 2.11. The van der Waals surface area contributed by atoms with E-state index in [2.05, 4.69) is 17.7 Å². The first-order chi connectivity index (χ1) is 12.1. The summed E-state index contributed by atoms with van der Waals surface area (Å²) in [5.41, 5.74) is 0. The van der Waals surface area contributed by atoms with Crippen LogP contribution in [0.1, 0.15) is 71.1 Å². The predicted molar refractivity (Wildman–Crippen MR) is 104 cm³/mol. The molecule has 0 radical (unpaired) electrons. The molecule has 25 heavy (non-hydrogen) atoms. The summed E-state index contributed by atoms with van der Waals surface area (Å²) in [7, 11) is 1.13. The summed E-state index contributed by atoms with van der Waals surface area (Å²) in [6, 6.07) is 0.